The predicted molar refractivity (Wildman–Crippen MR) is 115 cm³/mol. The highest BCUT2D eigenvalue weighted by Crippen LogP contribution is 2.35. The first-order chi connectivity index (χ1) is 14.1. The van der Waals surface area contributed by atoms with Gasteiger partial charge >= 0.3 is 0 Å². The van der Waals surface area contributed by atoms with Gasteiger partial charge in [-0.25, -0.2) is 9.37 Å². The van der Waals surface area contributed by atoms with Crippen molar-refractivity contribution >= 4 is 28.1 Å². The topological polar surface area (TPSA) is 54.5 Å². The Kier molecular flexibility index (Phi) is 6.82. The molecule has 3 aromatic rings. The first-order valence-electron chi connectivity index (χ1n) is 9.49. The summed E-state index contributed by atoms with van der Waals surface area (Å²) in [6.07, 6.45) is 0.614. The average molecular weight is 414 g/mol. The number of amides is 1. The lowest BCUT2D eigenvalue weighted by Crippen LogP contribution is -2.44. The summed E-state index contributed by atoms with van der Waals surface area (Å²) in [5.41, 5.74) is 2.42. The van der Waals surface area contributed by atoms with Gasteiger partial charge in [-0.1, -0.05) is 6.92 Å². The molecule has 7 heteroatoms. The summed E-state index contributed by atoms with van der Waals surface area (Å²) >= 11 is 1.45. The minimum Gasteiger partial charge on any atom is -0.497 e. The van der Waals surface area contributed by atoms with E-state index in [9.17, 15) is 9.18 Å². The molecule has 1 amide bonds. The van der Waals surface area contributed by atoms with E-state index in [1.807, 2.05) is 48.4 Å². The molecule has 0 fully saturated rings. The van der Waals surface area contributed by atoms with E-state index in [1.165, 1.54) is 23.5 Å². The fourth-order valence-electron chi connectivity index (χ4n) is 3.07. The zero-order chi connectivity index (χ0) is 20.8. The summed E-state index contributed by atoms with van der Waals surface area (Å²) in [6.45, 7) is 4.44. The number of hydrogen-bond donors (Lipinski definition) is 1. The highest BCUT2D eigenvalue weighted by molar-refractivity contribution is 7.14. The summed E-state index contributed by atoms with van der Waals surface area (Å²) < 4.78 is 18.5. The summed E-state index contributed by atoms with van der Waals surface area (Å²) in [5, 5.41) is 5.54. The van der Waals surface area contributed by atoms with Gasteiger partial charge < -0.3 is 15.0 Å². The van der Waals surface area contributed by atoms with Crippen molar-refractivity contribution in [3.8, 4) is 17.0 Å². The van der Waals surface area contributed by atoms with Crippen LogP contribution < -0.4 is 15.0 Å². The molecule has 29 heavy (non-hydrogen) atoms. The van der Waals surface area contributed by atoms with Crippen LogP contribution in [0.1, 0.15) is 20.3 Å². The fraction of sp³-hybridized carbons (Fsp3) is 0.273. The zero-order valence-electron chi connectivity index (χ0n) is 16.7. The number of hydrogen-bond acceptors (Lipinski definition) is 5. The van der Waals surface area contributed by atoms with E-state index in [1.54, 1.807) is 19.2 Å². The Morgan fingerprint density at radius 3 is 2.45 bits per heavy atom. The van der Waals surface area contributed by atoms with Crippen molar-refractivity contribution in [1.82, 2.24) is 10.3 Å². The maximum atomic E-state index is 13.3. The standard InChI is InChI=1S/C22H24FN3O2S/c1-4-20(21(27)24-5-2)26(17-10-12-18(28-3)13-11-17)22-25-19(14-29-22)15-6-8-16(23)9-7-15/h6-14,20H,4-5H2,1-3H3,(H,24,27)/t20-/m1/s1. The number of ether oxygens (including phenoxy) is 1. The van der Waals surface area contributed by atoms with Gasteiger partial charge in [0.25, 0.3) is 0 Å². The third-order valence-electron chi connectivity index (χ3n) is 4.54. The van der Waals surface area contributed by atoms with Crippen LogP contribution >= 0.6 is 11.3 Å². The van der Waals surface area contributed by atoms with Crippen molar-refractivity contribution in [2.45, 2.75) is 26.3 Å². The van der Waals surface area contributed by atoms with E-state index in [0.717, 1.165) is 22.7 Å². The molecule has 0 spiro atoms. The molecule has 0 aliphatic carbocycles. The van der Waals surface area contributed by atoms with Crippen molar-refractivity contribution in [1.29, 1.82) is 0 Å². The van der Waals surface area contributed by atoms with Gasteiger partial charge in [-0.2, -0.15) is 0 Å². The Labute approximate surface area is 174 Å². The molecule has 152 valence electrons. The largest absolute Gasteiger partial charge is 0.497 e. The number of halogens is 1. The highest BCUT2D eigenvalue weighted by Gasteiger charge is 2.28. The summed E-state index contributed by atoms with van der Waals surface area (Å²) in [4.78, 5) is 19.5. The van der Waals surface area contributed by atoms with E-state index in [-0.39, 0.29) is 11.7 Å². The molecular weight excluding hydrogens is 389 g/mol. The number of benzene rings is 2. The number of nitrogens with zero attached hydrogens (tertiary/aromatic N) is 2. The molecule has 1 heterocycles. The number of carbonyl (C=O) groups excluding carboxylic acids is 1. The minimum absolute atomic E-state index is 0.0515. The van der Waals surface area contributed by atoms with Gasteiger partial charge in [0.05, 0.1) is 12.8 Å². The van der Waals surface area contributed by atoms with Crippen molar-refractivity contribution in [2.24, 2.45) is 0 Å². The molecule has 0 bridgehead atoms. The Hall–Kier alpha value is -2.93. The quantitative estimate of drug-likeness (QED) is 0.564. The lowest BCUT2D eigenvalue weighted by Gasteiger charge is -2.30. The number of rotatable bonds is 8. The van der Waals surface area contributed by atoms with E-state index in [4.69, 9.17) is 9.72 Å². The molecule has 2 aromatic carbocycles. The molecule has 0 aliphatic heterocycles. The molecule has 0 saturated carbocycles. The Bertz CT molecular complexity index is 941. The van der Waals surface area contributed by atoms with Crippen LogP contribution in [0.3, 0.4) is 0 Å². The summed E-state index contributed by atoms with van der Waals surface area (Å²) in [5.74, 6) is 0.404. The predicted octanol–water partition coefficient (Wildman–Crippen LogP) is 5.01. The number of nitrogens with one attached hydrogen (secondary N) is 1. The van der Waals surface area contributed by atoms with Crippen molar-refractivity contribution in [2.75, 3.05) is 18.6 Å². The number of methoxy groups -OCH3 is 1. The molecule has 1 aromatic heterocycles. The van der Waals surface area contributed by atoms with Gasteiger partial charge in [-0.05, 0) is 61.9 Å². The molecule has 0 saturated heterocycles. The second-order valence-corrected chi connectivity index (χ2v) is 7.25. The van der Waals surface area contributed by atoms with Gasteiger partial charge in [-0.3, -0.25) is 4.79 Å². The van der Waals surface area contributed by atoms with Crippen LogP contribution in [0.2, 0.25) is 0 Å². The van der Waals surface area contributed by atoms with E-state index in [0.29, 0.717) is 18.1 Å². The minimum atomic E-state index is -0.407. The third-order valence-corrected chi connectivity index (χ3v) is 5.38. The van der Waals surface area contributed by atoms with Crippen molar-refractivity contribution in [3.05, 3.63) is 59.7 Å². The fourth-order valence-corrected chi connectivity index (χ4v) is 3.98. The monoisotopic (exact) mass is 413 g/mol. The lowest BCUT2D eigenvalue weighted by atomic mass is 10.1. The third kappa shape index (κ3) is 4.74. The molecule has 5 nitrogen and oxygen atoms in total. The highest BCUT2D eigenvalue weighted by atomic mass is 32.1. The number of carbonyl (C=O) groups is 1. The Morgan fingerprint density at radius 1 is 1.17 bits per heavy atom. The van der Waals surface area contributed by atoms with E-state index >= 15 is 0 Å². The van der Waals surface area contributed by atoms with Gasteiger partial charge in [0.1, 0.15) is 17.6 Å². The van der Waals surface area contributed by atoms with Crippen molar-refractivity contribution in [3.63, 3.8) is 0 Å². The number of aromatic nitrogens is 1. The molecular formula is C22H24FN3O2S. The Morgan fingerprint density at radius 2 is 1.86 bits per heavy atom. The molecule has 3 rings (SSSR count). The average Bonchev–Trinajstić information content (AvgIpc) is 3.22. The maximum absolute atomic E-state index is 13.3. The van der Waals surface area contributed by atoms with E-state index < -0.39 is 6.04 Å². The van der Waals surface area contributed by atoms with Crippen LogP contribution in [0.5, 0.6) is 5.75 Å². The second-order valence-electron chi connectivity index (χ2n) is 6.41. The molecule has 1 atom stereocenters. The van der Waals surface area contributed by atoms with Crippen LogP contribution in [0, 0.1) is 5.82 Å². The van der Waals surface area contributed by atoms with Gasteiger partial charge in [-0.15, -0.1) is 11.3 Å². The van der Waals surface area contributed by atoms with Crippen LogP contribution in [0.15, 0.2) is 53.9 Å². The number of likely N-dealkylation sites (N-methyl/N-ethyl adjacent to an activating group) is 1. The molecule has 0 unspecified atom stereocenters. The first-order valence-corrected chi connectivity index (χ1v) is 10.4. The van der Waals surface area contributed by atoms with Gasteiger partial charge in [0.2, 0.25) is 5.91 Å². The smallest absolute Gasteiger partial charge is 0.243 e. The second kappa shape index (κ2) is 9.52. The normalized spacial score (nSPS) is 11.7. The van der Waals surface area contributed by atoms with Crippen LogP contribution in [-0.2, 0) is 4.79 Å². The SMILES string of the molecule is CCNC(=O)[C@@H](CC)N(c1ccc(OC)cc1)c1nc(-c2ccc(F)cc2)cs1. The van der Waals surface area contributed by atoms with Crippen molar-refractivity contribution < 1.29 is 13.9 Å². The number of thiazole rings is 1. The molecule has 1 N–H and O–H groups in total. The summed E-state index contributed by atoms with van der Waals surface area (Å²) in [6, 6.07) is 13.4. The van der Waals surface area contributed by atoms with Crippen LogP contribution in [0.4, 0.5) is 15.2 Å². The maximum Gasteiger partial charge on any atom is 0.243 e. The lowest BCUT2D eigenvalue weighted by molar-refractivity contribution is -0.122. The zero-order valence-corrected chi connectivity index (χ0v) is 17.5. The van der Waals surface area contributed by atoms with Gasteiger partial charge in [0.15, 0.2) is 5.13 Å². The summed E-state index contributed by atoms with van der Waals surface area (Å²) in [7, 11) is 1.62. The Balaban J connectivity index is 2.02. The molecule has 0 radical (unpaired) electrons. The first kappa shape index (κ1) is 20.8. The molecule has 0 aliphatic rings. The van der Waals surface area contributed by atoms with Gasteiger partial charge in [0, 0.05) is 23.2 Å². The number of anilines is 2. The van der Waals surface area contributed by atoms with Crippen LogP contribution in [0.25, 0.3) is 11.3 Å². The van der Waals surface area contributed by atoms with E-state index in [2.05, 4.69) is 5.32 Å². The van der Waals surface area contributed by atoms with Crippen LogP contribution in [-0.4, -0.2) is 30.6 Å².